The number of hydrogen-bond donors (Lipinski definition) is 0. The SMILES string of the molecule is O=C1CO[C@H](c2cccc(Cl)c2)C(c2ccc(Cl)cc2)N1[C@H](CN(c1c(F)cccc1F)S(=O)(=O)C1CC1)C1CC1. The Hall–Kier alpha value is -2.72. The van der Waals surface area contributed by atoms with Crippen LogP contribution < -0.4 is 4.31 Å². The van der Waals surface area contributed by atoms with Gasteiger partial charge in [0, 0.05) is 10.0 Å². The molecule has 3 aromatic rings. The minimum absolute atomic E-state index is 0.0569. The van der Waals surface area contributed by atoms with E-state index >= 15 is 8.78 Å². The van der Waals surface area contributed by atoms with E-state index in [4.69, 9.17) is 27.9 Å². The van der Waals surface area contributed by atoms with Crippen LogP contribution in [0, 0.1) is 17.6 Å². The summed E-state index contributed by atoms with van der Waals surface area (Å²) in [5.41, 5.74) is 0.860. The molecule has 0 spiro atoms. The van der Waals surface area contributed by atoms with Crippen LogP contribution in [-0.4, -0.2) is 43.7 Å². The van der Waals surface area contributed by atoms with E-state index in [-0.39, 0.29) is 25.0 Å². The van der Waals surface area contributed by atoms with E-state index in [0.29, 0.717) is 22.9 Å². The maximum absolute atomic E-state index is 15.1. The van der Waals surface area contributed by atoms with E-state index in [2.05, 4.69) is 0 Å². The van der Waals surface area contributed by atoms with Gasteiger partial charge in [0.2, 0.25) is 15.9 Å². The number of benzene rings is 3. The highest BCUT2D eigenvalue weighted by Crippen LogP contribution is 2.47. The zero-order valence-electron chi connectivity index (χ0n) is 21.9. The number of amides is 1. The van der Waals surface area contributed by atoms with Crippen molar-refractivity contribution in [3.63, 3.8) is 0 Å². The van der Waals surface area contributed by atoms with Crippen LogP contribution in [0.4, 0.5) is 14.5 Å². The van der Waals surface area contributed by atoms with Crippen molar-refractivity contribution in [2.75, 3.05) is 17.5 Å². The van der Waals surface area contributed by atoms with Crippen LogP contribution in [0.2, 0.25) is 10.0 Å². The lowest BCUT2D eigenvalue weighted by Crippen LogP contribution is -2.56. The highest BCUT2D eigenvalue weighted by atomic mass is 35.5. The van der Waals surface area contributed by atoms with Gasteiger partial charge in [-0.25, -0.2) is 17.2 Å². The summed E-state index contributed by atoms with van der Waals surface area (Å²) in [5.74, 6) is -2.33. The molecule has 1 amide bonds. The standard InChI is InChI=1S/C30H28Cl2F2N2O4S/c31-21-11-9-19(10-12-21)28-30(20-3-1-4-22(32)15-20)40-17-27(37)36(28)26(18-7-8-18)16-35(41(38,39)23-13-14-23)29-24(33)5-2-6-25(29)34/h1-6,9-12,15,18,23,26,28,30H,7-8,13-14,16-17H2/t26-,28?,30-/m1/s1. The number of rotatable bonds is 9. The Morgan fingerprint density at radius 1 is 0.902 bits per heavy atom. The number of halogens is 4. The molecule has 216 valence electrons. The van der Waals surface area contributed by atoms with Gasteiger partial charge in [0.25, 0.3) is 0 Å². The van der Waals surface area contributed by atoms with Gasteiger partial charge >= 0.3 is 0 Å². The van der Waals surface area contributed by atoms with Gasteiger partial charge in [-0.3, -0.25) is 9.10 Å². The third-order valence-electron chi connectivity index (χ3n) is 7.97. The minimum Gasteiger partial charge on any atom is -0.361 e. The van der Waals surface area contributed by atoms with Crippen molar-refractivity contribution in [2.45, 2.75) is 49.1 Å². The smallest absolute Gasteiger partial charge is 0.249 e. The summed E-state index contributed by atoms with van der Waals surface area (Å²) in [6.07, 6.45) is 1.71. The Bertz CT molecular complexity index is 1540. The second-order valence-corrected chi connectivity index (χ2v) is 13.8. The van der Waals surface area contributed by atoms with E-state index in [1.807, 2.05) is 6.07 Å². The van der Waals surface area contributed by atoms with Crippen molar-refractivity contribution >= 4 is 44.8 Å². The number of hydrogen-bond acceptors (Lipinski definition) is 4. The quantitative estimate of drug-likeness (QED) is 0.267. The topological polar surface area (TPSA) is 66.9 Å². The third-order valence-corrected chi connectivity index (χ3v) is 10.7. The second kappa shape index (κ2) is 11.2. The molecule has 2 saturated carbocycles. The van der Waals surface area contributed by atoms with Crippen LogP contribution in [0.25, 0.3) is 0 Å². The number of carbonyl (C=O) groups is 1. The molecule has 0 N–H and O–H groups in total. The van der Waals surface area contributed by atoms with E-state index < -0.39 is 50.8 Å². The maximum Gasteiger partial charge on any atom is 0.249 e. The number of para-hydroxylation sites is 1. The van der Waals surface area contributed by atoms with Crippen LogP contribution in [0.3, 0.4) is 0 Å². The van der Waals surface area contributed by atoms with Crippen molar-refractivity contribution in [2.24, 2.45) is 5.92 Å². The van der Waals surface area contributed by atoms with E-state index in [0.717, 1.165) is 40.4 Å². The fourth-order valence-electron chi connectivity index (χ4n) is 5.69. The largest absolute Gasteiger partial charge is 0.361 e. The van der Waals surface area contributed by atoms with Crippen LogP contribution in [0.5, 0.6) is 0 Å². The van der Waals surface area contributed by atoms with Gasteiger partial charge in [-0.2, -0.15) is 0 Å². The summed E-state index contributed by atoms with van der Waals surface area (Å²) in [6.45, 7) is -0.520. The Kier molecular flexibility index (Phi) is 7.74. The molecule has 3 atom stereocenters. The molecule has 2 aliphatic carbocycles. The number of nitrogens with zero attached hydrogens (tertiary/aromatic N) is 2. The van der Waals surface area contributed by atoms with Gasteiger partial charge in [0.15, 0.2) is 11.6 Å². The van der Waals surface area contributed by atoms with Gasteiger partial charge in [0.05, 0.1) is 23.9 Å². The zero-order chi connectivity index (χ0) is 28.9. The first kappa shape index (κ1) is 28.4. The number of morpholine rings is 1. The number of carbonyl (C=O) groups excluding carboxylic acids is 1. The predicted octanol–water partition coefficient (Wildman–Crippen LogP) is 6.69. The van der Waals surface area contributed by atoms with Crippen LogP contribution in [0.15, 0.2) is 66.7 Å². The van der Waals surface area contributed by atoms with Gasteiger partial charge in [-0.15, -0.1) is 0 Å². The van der Waals surface area contributed by atoms with Crippen LogP contribution in [-0.2, 0) is 19.6 Å². The first-order valence-electron chi connectivity index (χ1n) is 13.5. The summed E-state index contributed by atoms with van der Waals surface area (Å²) in [5, 5.41) is 0.297. The van der Waals surface area contributed by atoms with Gasteiger partial charge in [-0.1, -0.05) is 53.5 Å². The Morgan fingerprint density at radius 2 is 1.56 bits per heavy atom. The molecule has 0 radical (unpaired) electrons. The summed E-state index contributed by atoms with van der Waals surface area (Å²) in [4.78, 5) is 15.4. The highest BCUT2D eigenvalue weighted by Gasteiger charge is 2.50. The third kappa shape index (κ3) is 5.69. The molecule has 6 rings (SSSR count). The molecule has 6 nitrogen and oxygen atoms in total. The second-order valence-electron chi connectivity index (χ2n) is 10.8. The molecule has 0 aromatic heterocycles. The lowest BCUT2D eigenvalue weighted by molar-refractivity contribution is -0.163. The Morgan fingerprint density at radius 3 is 2.17 bits per heavy atom. The molecular weight excluding hydrogens is 593 g/mol. The first-order chi connectivity index (χ1) is 19.6. The Labute approximate surface area is 247 Å². The van der Waals surface area contributed by atoms with E-state index in [9.17, 15) is 13.2 Å². The molecule has 41 heavy (non-hydrogen) atoms. The van der Waals surface area contributed by atoms with E-state index in [1.165, 1.54) is 6.07 Å². The molecule has 1 heterocycles. The fourth-order valence-corrected chi connectivity index (χ4v) is 7.89. The summed E-state index contributed by atoms with van der Waals surface area (Å²) in [6, 6.07) is 16.2. The van der Waals surface area contributed by atoms with Gasteiger partial charge in [0.1, 0.15) is 18.4 Å². The normalized spacial score (nSPS) is 22.0. The van der Waals surface area contributed by atoms with E-state index in [1.54, 1.807) is 47.4 Å². The zero-order valence-corrected chi connectivity index (χ0v) is 24.3. The number of ether oxygens (including phenoxy) is 1. The molecule has 11 heteroatoms. The summed E-state index contributed by atoms with van der Waals surface area (Å²) in [7, 11) is -4.09. The lowest BCUT2D eigenvalue weighted by Gasteiger charge is -2.47. The fraction of sp³-hybridized carbons (Fsp3) is 0.367. The molecule has 3 fully saturated rings. The van der Waals surface area contributed by atoms with Crippen molar-refractivity contribution in [1.29, 1.82) is 0 Å². The molecule has 0 bridgehead atoms. The molecule has 3 aromatic carbocycles. The van der Waals surface area contributed by atoms with Crippen molar-refractivity contribution in [3.8, 4) is 0 Å². The molecular formula is C30H28Cl2F2N2O4S. The average Bonchev–Trinajstić information content (AvgIpc) is 3.85. The van der Waals surface area contributed by atoms with Crippen LogP contribution in [0.1, 0.15) is 49.0 Å². The number of anilines is 1. The minimum atomic E-state index is -4.09. The van der Waals surface area contributed by atoms with Gasteiger partial charge in [-0.05, 0) is 79.1 Å². The molecule has 1 unspecified atom stereocenters. The molecule has 1 saturated heterocycles. The van der Waals surface area contributed by atoms with Gasteiger partial charge < -0.3 is 9.64 Å². The van der Waals surface area contributed by atoms with Crippen molar-refractivity contribution in [1.82, 2.24) is 4.90 Å². The Balaban J connectivity index is 1.47. The predicted molar refractivity (Wildman–Crippen MR) is 153 cm³/mol. The van der Waals surface area contributed by atoms with Crippen LogP contribution >= 0.6 is 23.2 Å². The number of sulfonamides is 1. The summed E-state index contributed by atoms with van der Waals surface area (Å²) < 4.78 is 64.6. The first-order valence-corrected chi connectivity index (χ1v) is 15.8. The average molecular weight is 622 g/mol. The van der Waals surface area contributed by atoms with Crippen molar-refractivity contribution in [3.05, 3.63) is 99.5 Å². The summed E-state index contributed by atoms with van der Waals surface area (Å²) >= 11 is 12.5. The maximum atomic E-state index is 15.1. The molecule has 1 aliphatic heterocycles. The lowest BCUT2D eigenvalue weighted by atomic mass is 9.90. The highest BCUT2D eigenvalue weighted by molar-refractivity contribution is 7.93. The molecule has 3 aliphatic rings. The van der Waals surface area contributed by atoms with Crippen molar-refractivity contribution < 1.29 is 26.7 Å². The monoisotopic (exact) mass is 620 g/mol.